The first kappa shape index (κ1) is 16.4. The highest BCUT2D eigenvalue weighted by Crippen LogP contribution is 2.28. The Labute approximate surface area is 150 Å². The van der Waals surface area contributed by atoms with Crippen molar-refractivity contribution < 1.29 is 9.53 Å². The first-order valence-corrected chi connectivity index (χ1v) is 9.36. The number of ether oxygens (including phenoxy) is 1. The maximum Gasteiger partial charge on any atom is 0.320 e. The van der Waals surface area contributed by atoms with Crippen LogP contribution >= 0.6 is 11.5 Å². The van der Waals surface area contributed by atoms with Crippen LogP contribution in [0.25, 0.3) is 11.3 Å². The van der Waals surface area contributed by atoms with E-state index in [1.54, 1.807) is 0 Å². The van der Waals surface area contributed by atoms with Crippen molar-refractivity contribution in [2.24, 2.45) is 0 Å². The maximum absolute atomic E-state index is 12.5. The Balaban J connectivity index is 1.40. The molecule has 2 saturated heterocycles. The zero-order valence-corrected chi connectivity index (χ0v) is 14.7. The molecule has 4 rings (SSSR count). The highest BCUT2D eigenvalue weighted by molar-refractivity contribution is 7.10. The average molecular weight is 359 g/mol. The number of amides is 2. The molecule has 1 aromatic carbocycles. The molecule has 0 saturated carbocycles. The molecule has 7 nitrogen and oxygen atoms in total. The van der Waals surface area contributed by atoms with Gasteiger partial charge in [0.2, 0.25) is 0 Å². The van der Waals surface area contributed by atoms with Crippen LogP contribution in [0.5, 0.6) is 0 Å². The van der Waals surface area contributed by atoms with E-state index in [-0.39, 0.29) is 18.1 Å². The molecule has 2 fully saturated rings. The van der Waals surface area contributed by atoms with Crippen molar-refractivity contribution >= 4 is 22.6 Å². The van der Waals surface area contributed by atoms with Crippen molar-refractivity contribution in [3.8, 4) is 11.3 Å². The first-order valence-electron chi connectivity index (χ1n) is 8.58. The van der Waals surface area contributed by atoms with E-state index in [0.717, 1.165) is 18.7 Å². The van der Waals surface area contributed by atoms with Gasteiger partial charge in [-0.1, -0.05) is 34.8 Å². The molecule has 2 atom stereocenters. The standard InChI is InChI=1S/C17H21N5O2S/c23-17(18-13-10-24-11-14(13)22-8-4-5-9-22)19-16-15(20-21-25-16)12-6-2-1-3-7-12/h1-3,6-7,13-14H,4-5,8-11H2,(H2,18,19,23)/t13-,14-/m1/s1. The lowest BCUT2D eigenvalue weighted by molar-refractivity contribution is 0.159. The minimum Gasteiger partial charge on any atom is -0.378 e. The van der Waals surface area contributed by atoms with Crippen LogP contribution in [0.4, 0.5) is 9.80 Å². The molecule has 2 amide bonds. The van der Waals surface area contributed by atoms with Crippen LogP contribution < -0.4 is 10.6 Å². The van der Waals surface area contributed by atoms with E-state index in [4.69, 9.17) is 4.74 Å². The summed E-state index contributed by atoms with van der Waals surface area (Å²) >= 11 is 1.18. The summed E-state index contributed by atoms with van der Waals surface area (Å²) in [6.07, 6.45) is 2.45. The third-order valence-electron chi connectivity index (χ3n) is 4.74. The number of carbonyl (C=O) groups excluding carboxylic acids is 1. The van der Waals surface area contributed by atoms with E-state index in [1.165, 1.54) is 24.4 Å². The second kappa shape index (κ2) is 7.47. The fourth-order valence-corrected chi connectivity index (χ4v) is 4.07. The zero-order valence-electron chi connectivity index (χ0n) is 13.9. The summed E-state index contributed by atoms with van der Waals surface area (Å²) in [4.78, 5) is 14.9. The molecule has 132 valence electrons. The number of nitrogens with zero attached hydrogens (tertiary/aromatic N) is 3. The quantitative estimate of drug-likeness (QED) is 0.875. The number of benzene rings is 1. The van der Waals surface area contributed by atoms with Gasteiger partial charge >= 0.3 is 6.03 Å². The number of anilines is 1. The van der Waals surface area contributed by atoms with Crippen LogP contribution in [0.1, 0.15) is 12.8 Å². The number of urea groups is 1. The van der Waals surface area contributed by atoms with Gasteiger partial charge in [-0.05, 0) is 25.9 Å². The van der Waals surface area contributed by atoms with Crippen LogP contribution in [0.3, 0.4) is 0 Å². The van der Waals surface area contributed by atoms with Gasteiger partial charge < -0.3 is 10.1 Å². The number of carbonyl (C=O) groups is 1. The van der Waals surface area contributed by atoms with Gasteiger partial charge in [-0.25, -0.2) is 4.79 Å². The third-order valence-corrected chi connectivity index (χ3v) is 5.38. The van der Waals surface area contributed by atoms with Crippen LogP contribution in [0.15, 0.2) is 30.3 Å². The third kappa shape index (κ3) is 3.65. The Bertz CT molecular complexity index is 717. The summed E-state index contributed by atoms with van der Waals surface area (Å²) in [7, 11) is 0. The van der Waals surface area contributed by atoms with E-state index < -0.39 is 0 Å². The lowest BCUT2D eigenvalue weighted by Gasteiger charge is -2.27. The second-order valence-electron chi connectivity index (χ2n) is 6.37. The number of aromatic nitrogens is 2. The Morgan fingerprint density at radius 3 is 2.80 bits per heavy atom. The Morgan fingerprint density at radius 1 is 1.20 bits per heavy atom. The van der Waals surface area contributed by atoms with Gasteiger partial charge in [0.15, 0.2) is 0 Å². The largest absolute Gasteiger partial charge is 0.378 e. The highest BCUT2D eigenvalue weighted by Gasteiger charge is 2.35. The molecule has 8 heteroatoms. The van der Waals surface area contributed by atoms with Crippen molar-refractivity contribution in [2.45, 2.75) is 24.9 Å². The normalized spacial score (nSPS) is 23.7. The van der Waals surface area contributed by atoms with Gasteiger partial charge in [-0.2, -0.15) is 0 Å². The monoisotopic (exact) mass is 359 g/mol. The molecule has 3 heterocycles. The van der Waals surface area contributed by atoms with Crippen molar-refractivity contribution in [1.82, 2.24) is 19.8 Å². The molecule has 0 radical (unpaired) electrons. The highest BCUT2D eigenvalue weighted by atomic mass is 32.1. The van der Waals surface area contributed by atoms with Gasteiger partial charge in [-0.15, -0.1) is 5.10 Å². The molecule has 0 aliphatic carbocycles. The number of nitrogens with one attached hydrogen (secondary N) is 2. The predicted molar refractivity (Wildman–Crippen MR) is 96.7 cm³/mol. The van der Waals surface area contributed by atoms with Crippen molar-refractivity contribution in [1.29, 1.82) is 0 Å². The van der Waals surface area contributed by atoms with E-state index in [2.05, 4.69) is 25.1 Å². The molecule has 2 aliphatic heterocycles. The van der Waals surface area contributed by atoms with E-state index in [1.807, 2.05) is 30.3 Å². The number of hydrogen-bond acceptors (Lipinski definition) is 6. The summed E-state index contributed by atoms with van der Waals surface area (Å²) < 4.78 is 9.58. The van der Waals surface area contributed by atoms with Crippen molar-refractivity contribution in [2.75, 3.05) is 31.6 Å². The first-order chi connectivity index (χ1) is 12.3. The number of rotatable bonds is 4. The zero-order chi connectivity index (χ0) is 17.1. The molecule has 0 spiro atoms. The molecule has 0 bridgehead atoms. The summed E-state index contributed by atoms with van der Waals surface area (Å²) in [6.45, 7) is 3.42. The lowest BCUT2D eigenvalue weighted by atomic mass is 10.1. The van der Waals surface area contributed by atoms with Crippen LogP contribution in [0.2, 0.25) is 0 Å². The minimum atomic E-state index is -0.233. The second-order valence-corrected chi connectivity index (χ2v) is 7.12. The van der Waals surface area contributed by atoms with Gasteiger partial charge in [-0.3, -0.25) is 10.2 Å². The van der Waals surface area contributed by atoms with Gasteiger partial charge in [0.1, 0.15) is 10.7 Å². The summed E-state index contributed by atoms with van der Waals surface area (Å²) in [5, 5.41) is 10.7. The topological polar surface area (TPSA) is 79.4 Å². The minimum absolute atomic E-state index is 0.0131. The SMILES string of the molecule is O=C(Nc1snnc1-c1ccccc1)N[C@@H]1COC[C@H]1N1CCCC1. The van der Waals surface area contributed by atoms with E-state index >= 15 is 0 Å². The fourth-order valence-electron chi connectivity index (χ4n) is 3.48. The molecule has 2 aromatic rings. The van der Waals surface area contributed by atoms with Gasteiger partial charge in [0, 0.05) is 17.1 Å². The van der Waals surface area contributed by atoms with Crippen molar-refractivity contribution in [3.05, 3.63) is 30.3 Å². The number of likely N-dealkylation sites (tertiary alicyclic amines) is 1. The Hall–Kier alpha value is -2.03. The van der Waals surface area contributed by atoms with Gasteiger partial charge in [0.05, 0.1) is 25.3 Å². The lowest BCUT2D eigenvalue weighted by Crippen LogP contribution is -2.51. The molecular formula is C17H21N5O2S. The van der Waals surface area contributed by atoms with Crippen LogP contribution in [-0.2, 0) is 4.74 Å². The Morgan fingerprint density at radius 2 is 2.00 bits per heavy atom. The van der Waals surface area contributed by atoms with Gasteiger partial charge in [0.25, 0.3) is 0 Å². The fraction of sp³-hybridized carbons (Fsp3) is 0.471. The molecule has 1 aromatic heterocycles. The van der Waals surface area contributed by atoms with E-state index in [9.17, 15) is 4.79 Å². The van der Waals surface area contributed by atoms with Crippen LogP contribution in [-0.4, -0.2) is 58.9 Å². The predicted octanol–water partition coefficient (Wildman–Crippen LogP) is 2.19. The molecular weight excluding hydrogens is 338 g/mol. The maximum atomic E-state index is 12.5. The molecule has 2 N–H and O–H groups in total. The smallest absolute Gasteiger partial charge is 0.320 e. The Kier molecular flexibility index (Phi) is 4.91. The molecule has 25 heavy (non-hydrogen) atoms. The summed E-state index contributed by atoms with van der Waals surface area (Å²) in [6, 6.07) is 9.77. The summed E-state index contributed by atoms with van der Waals surface area (Å²) in [5.41, 5.74) is 1.63. The average Bonchev–Trinajstić information content (AvgIpc) is 3.37. The summed E-state index contributed by atoms with van der Waals surface area (Å²) in [5.74, 6) is 0. The molecule has 0 unspecified atom stereocenters. The van der Waals surface area contributed by atoms with Crippen LogP contribution in [0, 0.1) is 0 Å². The molecule has 2 aliphatic rings. The van der Waals surface area contributed by atoms with E-state index in [0.29, 0.717) is 23.9 Å². The number of hydrogen-bond donors (Lipinski definition) is 2. The van der Waals surface area contributed by atoms with Crippen molar-refractivity contribution in [3.63, 3.8) is 0 Å².